The number of aryl methyl sites for hydroxylation is 1. The Balaban J connectivity index is 2.12. The molecule has 0 amide bonds. The van der Waals surface area contributed by atoms with Crippen LogP contribution in [0.1, 0.15) is 50.1 Å². The fourth-order valence-corrected chi connectivity index (χ4v) is 3.54. The van der Waals surface area contributed by atoms with E-state index in [1.807, 2.05) is 18.4 Å². The zero-order chi connectivity index (χ0) is 13.7. The van der Waals surface area contributed by atoms with Crippen LogP contribution in [-0.2, 0) is 13.0 Å². The minimum Gasteiger partial charge on any atom is -0.348 e. The van der Waals surface area contributed by atoms with Gasteiger partial charge in [-0.3, -0.25) is 0 Å². The van der Waals surface area contributed by atoms with Crippen LogP contribution in [-0.4, -0.2) is 25.1 Å². The van der Waals surface area contributed by atoms with E-state index < -0.39 is 0 Å². The SMILES string of the molecule is CCCc1nc(N(CCC)CC2CC2)sc1CNC. The maximum Gasteiger partial charge on any atom is 0.185 e. The molecule has 3 nitrogen and oxygen atoms in total. The summed E-state index contributed by atoms with van der Waals surface area (Å²) in [6.45, 7) is 7.81. The first-order valence-corrected chi connectivity index (χ1v) is 8.48. The highest BCUT2D eigenvalue weighted by atomic mass is 32.1. The highest BCUT2D eigenvalue weighted by Gasteiger charge is 2.26. The number of anilines is 1. The van der Waals surface area contributed by atoms with E-state index in [-0.39, 0.29) is 0 Å². The summed E-state index contributed by atoms with van der Waals surface area (Å²) in [5.41, 5.74) is 1.31. The highest BCUT2D eigenvalue weighted by molar-refractivity contribution is 7.15. The quantitative estimate of drug-likeness (QED) is 0.751. The first-order valence-electron chi connectivity index (χ1n) is 7.66. The molecule has 0 radical (unpaired) electrons. The largest absolute Gasteiger partial charge is 0.348 e. The van der Waals surface area contributed by atoms with Gasteiger partial charge in [0.15, 0.2) is 5.13 Å². The minimum absolute atomic E-state index is 0.929. The van der Waals surface area contributed by atoms with E-state index in [1.165, 1.54) is 47.9 Å². The standard InChI is InChI=1S/C15H27N3S/c1-4-6-13-14(10-16-3)19-15(17-13)18(9-5-2)11-12-7-8-12/h12,16H,4-11H2,1-3H3. The molecule has 1 aromatic rings. The van der Waals surface area contributed by atoms with Gasteiger partial charge < -0.3 is 10.2 Å². The molecular weight excluding hydrogens is 254 g/mol. The maximum absolute atomic E-state index is 4.92. The average molecular weight is 281 g/mol. The summed E-state index contributed by atoms with van der Waals surface area (Å²) >= 11 is 1.89. The van der Waals surface area contributed by atoms with Gasteiger partial charge in [-0.15, -0.1) is 11.3 Å². The Labute approximate surface area is 121 Å². The molecule has 1 aliphatic rings. The van der Waals surface area contributed by atoms with Crippen molar-refractivity contribution in [1.29, 1.82) is 0 Å². The third-order valence-electron chi connectivity index (χ3n) is 3.53. The fourth-order valence-electron chi connectivity index (χ4n) is 2.38. The van der Waals surface area contributed by atoms with Gasteiger partial charge in [0.25, 0.3) is 0 Å². The van der Waals surface area contributed by atoms with Crippen molar-refractivity contribution in [3.63, 3.8) is 0 Å². The van der Waals surface area contributed by atoms with E-state index in [0.29, 0.717) is 0 Å². The summed E-state index contributed by atoms with van der Waals surface area (Å²) in [6.07, 6.45) is 6.32. The van der Waals surface area contributed by atoms with Crippen LogP contribution in [0.25, 0.3) is 0 Å². The van der Waals surface area contributed by atoms with Crippen LogP contribution in [0.3, 0.4) is 0 Å². The van der Waals surface area contributed by atoms with Crippen LogP contribution in [0.5, 0.6) is 0 Å². The van der Waals surface area contributed by atoms with E-state index in [4.69, 9.17) is 4.98 Å². The number of nitrogens with zero attached hydrogens (tertiary/aromatic N) is 2. The minimum atomic E-state index is 0.929. The lowest BCUT2D eigenvalue weighted by molar-refractivity contribution is 0.703. The van der Waals surface area contributed by atoms with E-state index in [1.54, 1.807) is 0 Å². The Morgan fingerprint density at radius 3 is 2.68 bits per heavy atom. The van der Waals surface area contributed by atoms with Crippen molar-refractivity contribution in [3.8, 4) is 0 Å². The lowest BCUT2D eigenvalue weighted by Gasteiger charge is -2.20. The van der Waals surface area contributed by atoms with Crippen LogP contribution in [0.4, 0.5) is 5.13 Å². The number of thiazole rings is 1. The molecule has 0 atom stereocenters. The molecule has 1 aromatic heterocycles. The highest BCUT2D eigenvalue weighted by Crippen LogP contribution is 2.34. The van der Waals surface area contributed by atoms with Gasteiger partial charge in [-0.25, -0.2) is 4.98 Å². The fraction of sp³-hybridized carbons (Fsp3) is 0.800. The number of aromatic nitrogens is 1. The van der Waals surface area contributed by atoms with E-state index >= 15 is 0 Å². The lowest BCUT2D eigenvalue weighted by atomic mass is 10.2. The van der Waals surface area contributed by atoms with Gasteiger partial charge in [0, 0.05) is 24.5 Å². The molecule has 0 unspecified atom stereocenters. The summed E-state index contributed by atoms with van der Waals surface area (Å²) in [7, 11) is 2.02. The van der Waals surface area contributed by atoms with Crippen molar-refractivity contribution < 1.29 is 0 Å². The lowest BCUT2D eigenvalue weighted by Crippen LogP contribution is -2.26. The summed E-state index contributed by atoms with van der Waals surface area (Å²) in [4.78, 5) is 8.86. The van der Waals surface area contributed by atoms with Crippen molar-refractivity contribution in [2.75, 3.05) is 25.0 Å². The third kappa shape index (κ3) is 4.18. The zero-order valence-corrected chi connectivity index (χ0v) is 13.4. The van der Waals surface area contributed by atoms with Crippen LogP contribution < -0.4 is 10.2 Å². The van der Waals surface area contributed by atoms with Crippen molar-refractivity contribution >= 4 is 16.5 Å². The molecule has 4 heteroatoms. The molecule has 19 heavy (non-hydrogen) atoms. The molecule has 108 valence electrons. The topological polar surface area (TPSA) is 28.2 Å². The first-order chi connectivity index (χ1) is 9.28. The van der Waals surface area contributed by atoms with Crippen molar-refractivity contribution in [3.05, 3.63) is 10.6 Å². The molecule has 1 saturated carbocycles. The Bertz CT molecular complexity index is 361. The van der Waals surface area contributed by atoms with Gasteiger partial charge in [0.1, 0.15) is 0 Å². The summed E-state index contributed by atoms with van der Waals surface area (Å²) in [5.74, 6) is 0.929. The molecular formula is C15H27N3S. The Morgan fingerprint density at radius 2 is 2.11 bits per heavy atom. The van der Waals surface area contributed by atoms with Crippen molar-refractivity contribution in [2.45, 2.75) is 52.5 Å². The Hall–Kier alpha value is -0.610. The van der Waals surface area contributed by atoms with Gasteiger partial charge in [-0.05, 0) is 38.6 Å². The second-order valence-electron chi connectivity index (χ2n) is 5.54. The molecule has 0 bridgehead atoms. The smallest absolute Gasteiger partial charge is 0.185 e. The van der Waals surface area contributed by atoms with E-state index in [2.05, 4.69) is 24.1 Å². The molecule has 1 N–H and O–H groups in total. The van der Waals surface area contributed by atoms with E-state index in [9.17, 15) is 0 Å². The predicted molar refractivity (Wildman–Crippen MR) is 84.1 cm³/mol. The zero-order valence-electron chi connectivity index (χ0n) is 12.5. The molecule has 1 aliphatic carbocycles. The number of rotatable bonds is 9. The van der Waals surface area contributed by atoms with Crippen LogP contribution >= 0.6 is 11.3 Å². The molecule has 1 heterocycles. The van der Waals surface area contributed by atoms with Crippen LogP contribution in [0.15, 0.2) is 0 Å². The predicted octanol–water partition coefficient (Wildman–Crippen LogP) is 3.44. The summed E-state index contributed by atoms with van der Waals surface area (Å²) < 4.78 is 0. The second kappa shape index (κ2) is 7.25. The van der Waals surface area contributed by atoms with Crippen LogP contribution in [0, 0.1) is 5.92 Å². The molecule has 0 aromatic carbocycles. The van der Waals surface area contributed by atoms with Gasteiger partial charge in [-0.2, -0.15) is 0 Å². The second-order valence-corrected chi connectivity index (χ2v) is 6.60. The van der Waals surface area contributed by atoms with Crippen molar-refractivity contribution in [1.82, 2.24) is 10.3 Å². The summed E-state index contributed by atoms with van der Waals surface area (Å²) in [5, 5.41) is 4.52. The number of hydrogen-bond acceptors (Lipinski definition) is 4. The first kappa shape index (κ1) is 14.8. The summed E-state index contributed by atoms with van der Waals surface area (Å²) in [6, 6.07) is 0. The molecule has 2 rings (SSSR count). The Morgan fingerprint density at radius 1 is 1.32 bits per heavy atom. The maximum atomic E-state index is 4.92. The molecule has 0 spiro atoms. The van der Waals surface area contributed by atoms with E-state index in [0.717, 1.165) is 25.4 Å². The van der Waals surface area contributed by atoms with Crippen molar-refractivity contribution in [2.24, 2.45) is 5.92 Å². The van der Waals surface area contributed by atoms with Gasteiger partial charge in [0.2, 0.25) is 0 Å². The molecule has 0 saturated heterocycles. The van der Waals surface area contributed by atoms with Gasteiger partial charge in [0.05, 0.1) is 5.69 Å². The van der Waals surface area contributed by atoms with Crippen LogP contribution in [0.2, 0.25) is 0 Å². The third-order valence-corrected chi connectivity index (χ3v) is 4.69. The monoisotopic (exact) mass is 281 g/mol. The van der Waals surface area contributed by atoms with Gasteiger partial charge in [-0.1, -0.05) is 20.3 Å². The molecule has 1 fully saturated rings. The average Bonchev–Trinajstić information content (AvgIpc) is 3.12. The molecule has 0 aliphatic heterocycles. The number of hydrogen-bond donors (Lipinski definition) is 1. The Kier molecular flexibility index (Phi) is 5.64. The number of nitrogens with one attached hydrogen (secondary N) is 1. The van der Waals surface area contributed by atoms with Gasteiger partial charge >= 0.3 is 0 Å². The normalized spacial score (nSPS) is 14.9.